The maximum Gasteiger partial charge on any atom is 0.319 e. The average molecular weight is 362 g/mol. The summed E-state index contributed by atoms with van der Waals surface area (Å²) in [5.41, 5.74) is 0.688. The summed E-state index contributed by atoms with van der Waals surface area (Å²) in [6.45, 7) is 5.54. The molecule has 0 saturated carbocycles. The number of carbonyl (C=O) groups is 2. The summed E-state index contributed by atoms with van der Waals surface area (Å²) in [4.78, 5) is 30.1. The maximum absolute atomic E-state index is 12.6. The number of hydrogen-bond donors (Lipinski definition) is 1. The fourth-order valence-corrected chi connectivity index (χ4v) is 3.12. The molecule has 0 radical (unpaired) electrons. The SMILES string of the molecule is C[C@H](C(=O)Nc1ccc2c(c1)OCCO2)N1CCN(C(=O)N(C)C)CC1. The van der Waals surface area contributed by atoms with Crippen molar-refractivity contribution in [2.75, 3.05) is 58.8 Å². The lowest BCUT2D eigenvalue weighted by Gasteiger charge is -2.38. The molecule has 0 bridgehead atoms. The number of anilines is 1. The molecule has 0 aliphatic carbocycles. The normalized spacial score (nSPS) is 18.2. The number of piperazine rings is 1. The fraction of sp³-hybridized carbons (Fsp3) is 0.556. The van der Waals surface area contributed by atoms with Crippen LogP contribution >= 0.6 is 0 Å². The van der Waals surface area contributed by atoms with Gasteiger partial charge in [0.05, 0.1) is 6.04 Å². The number of ether oxygens (including phenoxy) is 2. The zero-order valence-corrected chi connectivity index (χ0v) is 15.5. The summed E-state index contributed by atoms with van der Waals surface area (Å²) in [5.74, 6) is 1.27. The molecule has 8 heteroatoms. The van der Waals surface area contributed by atoms with E-state index in [9.17, 15) is 9.59 Å². The van der Waals surface area contributed by atoms with E-state index in [-0.39, 0.29) is 18.0 Å². The number of rotatable bonds is 3. The van der Waals surface area contributed by atoms with Gasteiger partial charge < -0.3 is 24.6 Å². The molecular formula is C18H26N4O4. The van der Waals surface area contributed by atoms with Gasteiger partial charge >= 0.3 is 6.03 Å². The van der Waals surface area contributed by atoms with Crippen LogP contribution in [0.15, 0.2) is 18.2 Å². The van der Waals surface area contributed by atoms with E-state index in [0.29, 0.717) is 56.6 Å². The summed E-state index contributed by atoms with van der Waals surface area (Å²) >= 11 is 0. The molecule has 2 aliphatic rings. The Kier molecular flexibility index (Phi) is 5.51. The van der Waals surface area contributed by atoms with Crippen molar-refractivity contribution in [1.82, 2.24) is 14.7 Å². The van der Waals surface area contributed by atoms with Gasteiger partial charge in [0.2, 0.25) is 5.91 Å². The van der Waals surface area contributed by atoms with Crippen LogP contribution in [0.25, 0.3) is 0 Å². The van der Waals surface area contributed by atoms with Gasteiger partial charge in [0.15, 0.2) is 11.5 Å². The Morgan fingerprint density at radius 1 is 1.08 bits per heavy atom. The number of nitrogens with one attached hydrogen (secondary N) is 1. The number of hydrogen-bond acceptors (Lipinski definition) is 5. The van der Waals surface area contributed by atoms with Gasteiger partial charge in [-0.15, -0.1) is 0 Å². The average Bonchev–Trinajstić information content (AvgIpc) is 2.66. The monoisotopic (exact) mass is 362 g/mol. The quantitative estimate of drug-likeness (QED) is 0.871. The molecule has 1 atom stereocenters. The molecular weight excluding hydrogens is 336 g/mol. The largest absolute Gasteiger partial charge is 0.486 e. The molecule has 8 nitrogen and oxygen atoms in total. The van der Waals surface area contributed by atoms with Gasteiger partial charge in [0.1, 0.15) is 13.2 Å². The number of benzene rings is 1. The van der Waals surface area contributed by atoms with Crippen molar-refractivity contribution >= 4 is 17.6 Å². The van der Waals surface area contributed by atoms with Gasteiger partial charge in [-0.25, -0.2) is 4.79 Å². The van der Waals surface area contributed by atoms with E-state index in [1.807, 2.05) is 17.9 Å². The molecule has 0 spiro atoms. The van der Waals surface area contributed by atoms with Gasteiger partial charge in [-0.05, 0) is 19.1 Å². The van der Waals surface area contributed by atoms with Crippen molar-refractivity contribution in [3.63, 3.8) is 0 Å². The Morgan fingerprint density at radius 2 is 1.73 bits per heavy atom. The third kappa shape index (κ3) is 4.01. The van der Waals surface area contributed by atoms with E-state index in [2.05, 4.69) is 10.2 Å². The molecule has 1 fully saturated rings. The highest BCUT2D eigenvalue weighted by Crippen LogP contribution is 2.32. The zero-order valence-electron chi connectivity index (χ0n) is 15.5. The number of nitrogens with zero attached hydrogens (tertiary/aromatic N) is 3. The molecule has 26 heavy (non-hydrogen) atoms. The first-order chi connectivity index (χ1) is 12.5. The van der Waals surface area contributed by atoms with E-state index in [0.717, 1.165) is 0 Å². The molecule has 1 N–H and O–H groups in total. The van der Waals surface area contributed by atoms with Gasteiger partial charge in [-0.1, -0.05) is 0 Å². The number of fused-ring (bicyclic) bond motifs is 1. The third-order valence-electron chi connectivity index (χ3n) is 4.70. The van der Waals surface area contributed by atoms with E-state index >= 15 is 0 Å². The van der Waals surface area contributed by atoms with Crippen LogP contribution in [0.1, 0.15) is 6.92 Å². The Bertz CT molecular complexity index is 671. The molecule has 1 saturated heterocycles. The van der Waals surface area contributed by atoms with E-state index in [1.54, 1.807) is 31.1 Å². The van der Waals surface area contributed by atoms with Crippen molar-refractivity contribution in [2.45, 2.75) is 13.0 Å². The summed E-state index contributed by atoms with van der Waals surface area (Å²) in [7, 11) is 3.50. The van der Waals surface area contributed by atoms with Crippen LogP contribution in [0, 0.1) is 0 Å². The van der Waals surface area contributed by atoms with Crippen LogP contribution in [0.2, 0.25) is 0 Å². The summed E-state index contributed by atoms with van der Waals surface area (Å²) in [6, 6.07) is 5.14. The van der Waals surface area contributed by atoms with E-state index in [4.69, 9.17) is 9.47 Å². The highest BCUT2D eigenvalue weighted by Gasteiger charge is 2.28. The van der Waals surface area contributed by atoms with E-state index < -0.39 is 0 Å². The van der Waals surface area contributed by atoms with Crippen LogP contribution in [0.3, 0.4) is 0 Å². The number of urea groups is 1. The lowest BCUT2D eigenvalue weighted by Crippen LogP contribution is -2.55. The third-order valence-corrected chi connectivity index (χ3v) is 4.70. The Morgan fingerprint density at radius 3 is 2.38 bits per heavy atom. The topological polar surface area (TPSA) is 74.4 Å². The van der Waals surface area contributed by atoms with Crippen molar-refractivity contribution in [3.05, 3.63) is 18.2 Å². The maximum atomic E-state index is 12.6. The standard InChI is InChI=1S/C18H26N4O4/c1-13(21-6-8-22(9-7-21)18(24)20(2)3)17(23)19-14-4-5-15-16(12-14)26-11-10-25-15/h4-5,12-13H,6-11H2,1-3H3,(H,19,23)/t13-/m1/s1. The summed E-state index contributed by atoms with van der Waals surface area (Å²) in [5, 5.41) is 2.94. The first-order valence-corrected chi connectivity index (χ1v) is 8.86. The van der Waals surface area contributed by atoms with Crippen molar-refractivity contribution in [3.8, 4) is 11.5 Å². The molecule has 1 aromatic carbocycles. The lowest BCUT2D eigenvalue weighted by atomic mass is 10.2. The smallest absolute Gasteiger partial charge is 0.319 e. The van der Waals surface area contributed by atoms with Crippen molar-refractivity contribution < 1.29 is 19.1 Å². The second kappa shape index (κ2) is 7.82. The molecule has 1 aromatic rings. The molecule has 3 amide bonds. The first-order valence-electron chi connectivity index (χ1n) is 8.86. The van der Waals surface area contributed by atoms with Crippen LogP contribution < -0.4 is 14.8 Å². The van der Waals surface area contributed by atoms with Crippen LogP contribution in [-0.2, 0) is 4.79 Å². The minimum atomic E-state index is -0.278. The first kappa shape index (κ1) is 18.3. The number of carbonyl (C=O) groups excluding carboxylic acids is 2. The van der Waals surface area contributed by atoms with Gasteiger partial charge in [-0.2, -0.15) is 0 Å². The van der Waals surface area contributed by atoms with Crippen LogP contribution in [0.4, 0.5) is 10.5 Å². The highest BCUT2D eigenvalue weighted by atomic mass is 16.6. The minimum Gasteiger partial charge on any atom is -0.486 e. The molecule has 0 unspecified atom stereocenters. The minimum absolute atomic E-state index is 0.0121. The lowest BCUT2D eigenvalue weighted by molar-refractivity contribution is -0.121. The zero-order chi connectivity index (χ0) is 18.7. The summed E-state index contributed by atoms with van der Waals surface area (Å²) < 4.78 is 11.0. The van der Waals surface area contributed by atoms with Gasteiger partial charge in [0, 0.05) is 52.0 Å². The number of amides is 3. The second-order valence-corrected chi connectivity index (χ2v) is 6.72. The predicted octanol–water partition coefficient (Wildman–Crippen LogP) is 1.08. The van der Waals surface area contributed by atoms with Gasteiger partial charge in [0.25, 0.3) is 0 Å². The fourth-order valence-electron chi connectivity index (χ4n) is 3.12. The Labute approximate surface area is 153 Å². The molecule has 2 heterocycles. The molecule has 142 valence electrons. The van der Waals surface area contributed by atoms with Crippen LogP contribution in [-0.4, -0.2) is 86.2 Å². The predicted molar refractivity (Wildman–Crippen MR) is 97.8 cm³/mol. The Hall–Kier alpha value is -2.48. The molecule has 3 rings (SSSR count). The summed E-state index contributed by atoms with van der Waals surface area (Å²) in [6.07, 6.45) is 0. The van der Waals surface area contributed by atoms with Crippen molar-refractivity contribution in [2.24, 2.45) is 0 Å². The molecule has 2 aliphatic heterocycles. The van der Waals surface area contributed by atoms with E-state index in [1.165, 1.54) is 0 Å². The Balaban J connectivity index is 1.54. The van der Waals surface area contributed by atoms with Gasteiger partial charge in [-0.3, -0.25) is 9.69 Å². The second-order valence-electron chi connectivity index (χ2n) is 6.72. The molecule has 0 aromatic heterocycles. The highest BCUT2D eigenvalue weighted by molar-refractivity contribution is 5.94. The van der Waals surface area contributed by atoms with Crippen LogP contribution in [0.5, 0.6) is 11.5 Å². The van der Waals surface area contributed by atoms with Crippen molar-refractivity contribution in [1.29, 1.82) is 0 Å².